The highest BCUT2D eigenvalue weighted by atomic mass is 16.6. The number of hydrogen-bond donors (Lipinski definition) is 0. The summed E-state index contributed by atoms with van der Waals surface area (Å²) in [5.74, 6) is -0.369. The molecule has 0 heterocycles. The number of allylic oxidation sites excluding steroid dienone is 4. The third-order valence-electron chi connectivity index (χ3n) is 15.5. The quantitative estimate of drug-likeness (QED) is 0.0345. The van der Waals surface area contributed by atoms with Gasteiger partial charge in [-0.3, -0.25) is 9.59 Å². The molecule has 74 heavy (non-hydrogen) atoms. The number of hydrogen-bond acceptors (Lipinski definition) is 5. The first-order chi connectivity index (χ1) is 36.6. The molecule has 0 aliphatic heterocycles. The number of unbranched alkanes of at least 4 members (excludes halogenated alkanes) is 49. The number of rotatable bonds is 64. The van der Waals surface area contributed by atoms with Gasteiger partial charge >= 0.3 is 11.9 Å². The fourth-order valence-corrected chi connectivity index (χ4v) is 10.4. The maximum absolute atomic E-state index is 12.9. The highest BCUT2D eigenvalue weighted by Gasteiger charge is 2.18. The van der Waals surface area contributed by atoms with E-state index in [9.17, 15) is 9.59 Å². The summed E-state index contributed by atoms with van der Waals surface area (Å²) < 4.78 is 17.6. The number of carbonyl (C=O) groups is 2. The summed E-state index contributed by atoms with van der Waals surface area (Å²) in [6.07, 6.45) is 80.8. The van der Waals surface area contributed by atoms with Gasteiger partial charge in [-0.05, 0) is 70.6 Å². The van der Waals surface area contributed by atoms with Crippen molar-refractivity contribution in [3.05, 3.63) is 24.3 Å². The molecule has 0 bridgehead atoms. The van der Waals surface area contributed by atoms with E-state index >= 15 is 0 Å². The van der Waals surface area contributed by atoms with Crippen molar-refractivity contribution in [3.8, 4) is 0 Å². The minimum atomic E-state index is -0.532. The molecule has 5 nitrogen and oxygen atoms in total. The molecule has 0 aromatic heterocycles. The highest BCUT2D eigenvalue weighted by molar-refractivity contribution is 5.70. The second kappa shape index (κ2) is 65.7. The summed E-state index contributed by atoms with van der Waals surface area (Å²) in [7, 11) is 0. The summed E-state index contributed by atoms with van der Waals surface area (Å²) in [4.78, 5) is 25.7. The van der Waals surface area contributed by atoms with Crippen LogP contribution >= 0.6 is 0 Å². The van der Waals surface area contributed by atoms with Gasteiger partial charge in [0.25, 0.3) is 0 Å². The van der Waals surface area contributed by atoms with Gasteiger partial charge in [0.05, 0.1) is 6.61 Å². The van der Waals surface area contributed by atoms with Crippen molar-refractivity contribution in [2.24, 2.45) is 0 Å². The van der Waals surface area contributed by atoms with E-state index in [1.54, 1.807) is 0 Å². The predicted octanol–water partition coefficient (Wildman–Crippen LogP) is 23.5. The zero-order chi connectivity index (χ0) is 53.4. The van der Waals surface area contributed by atoms with E-state index in [0.29, 0.717) is 26.1 Å². The molecule has 5 heteroatoms. The van der Waals surface area contributed by atoms with Crippen LogP contribution in [0, 0.1) is 0 Å². The first-order valence-electron chi connectivity index (χ1n) is 33.9. The maximum Gasteiger partial charge on any atom is 0.306 e. The Labute approximate surface area is 464 Å². The van der Waals surface area contributed by atoms with E-state index < -0.39 is 6.10 Å². The Hall–Kier alpha value is -1.62. The van der Waals surface area contributed by atoms with Gasteiger partial charge in [0.2, 0.25) is 0 Å². The van der Waals surface area contributed by atoms with Crippen LogP contribution in [0.15, 0.2) is 24.3 Å². The van der Waals surface area contributed by atoms with Crippen LogP contribution < -0.4 is 0 Å². The zero-order valence-corrected chi connectivity index (χ0v) is 50.6. The number of esters is 2. The van der Waals surface area contributed by atoms with E-state index in [1.807, 2.05) is 0 Å². The molecular formula is C69H132O5. The average Bonchev–Trinajstić information content (AvgIpc) is 3.40. The Kier molecular flexibility index (Phi) is 64.2. The van der Waals surface area contributed by atoms with E-state index in [1.165, 1.54) is 315 Å². The van der Waals surface area contributed by atoms with Crippen LogP contribution in [0.3, 0.4) is 0 Å². The molecule has 0 amide bonds. The Morgan fingerprint density at radius 1 is 0.284 bits per heavy atom. The lowest BCUT2D eigenvalue weighted by Gasteiger charge is -2.18. The molecule has 0 aromatic rings. The molecule has 0 spiro atoms. The van der Waals surface area contributed by atoms with Gasteiger partial charge in [-0.15, -0.1) is 0 Å². The maximum atomic E-state index is 12.9. The van der Waals surface area contributed by atoms with Gasteiger partial charge in [0.1, 0.15) is 6.61 Å². The van der Waals surface area contributed by atoms with Crippen molar-refractivity contribution >= 4 is 11.9 Å². The molecule has 0 unspecified atom stereocenters. The molecular weight excluding hydrogens is 909 g/mol. The molecule has 0 saturated heterocycles. The van der Waals surface area contributed by atoms with Gasteiger partial charge in [-0.1, -0.05) is 321 Å². The zero-order valence-electron chi connectivity index (χ0n) is 50.6. The van der Waals surface area contributed by atoms with Crippen LogP contribution in [0.1, 0.15) is 380 Å². The lowest BCUT2D eigenvalue weighted by molar-refractivity contribution is -0.163. The summed E-state index contributed by atoms with van der Waals surface area (Å²) in [5.41, 5.74) is 0. The molecule has 0 N–H and O–H groups in total. The van der Waals surface area contributed by atoms with Crippen LogP contribution in [-0.2, 0) is 23.8 Å². The van der Waals surface area contributed by atoms with Crippen molar-refractivity contribution in [2.75, 3.05) is 19.8 Å². The molecule has 0 aromatic carbocycles. The molecule has 1 atom stereocenters. The van der Waals surface area contributed by atoms with Crippen molar-refractivity contribution < 1.29 is 23.8 Å². The van der Waals surface area contributed by atoms with E-state index in [2.05, 4.69) is 45.1 Å². The smallest absolute Gasteiger partial charge is 0.306 e. The molecule has 0 aliphatic carbocycles. The van der Waals surface area contributed by atoms with Crippen LogP contribution in [-0.4, -0.2) is 37.9 Å². The molecule has 0 fully saturated rings. The van der Waals surface area contributed by atoms with Crippen LogP contribution in [0.4, 0.5) is 0 Å². The van der Waals surface area contributed by atoms with Gasteiger partial charge in [0.15, 0.2) is 6.10 Å². The summed E-state index contributed by atoms with van der Waals surface area (Å²) in [5, 5.41) is 0. The largest absolute Gasteiger partial charge is 0.462 e. The van der Waals surface area contributed by atoms with Crippen molar-refractivity contribution in [2.45, 2.75) is 386 Å². The number of carbonyl (C=O) groups excluding carboxylic acids is 2. The normalized spacial score (nSPS) is 12.2. The van der Waals surface area contributed by atoms with Gasteiger partial charge in [-0.25, -0.2) is 0 Å². The van der Waals surface area contributed by atoms with Crippen molar-refractivity contribution in [1.29, 1.82) is 0 Å². The minimum absolute atomic E-state index is 0.0931. The molecule has 0 radical (unpaired) electrons. The Morgan fingerprint density at radius 2 is 0.527 bits per heavy atom. The molecule has 0 saturated carbocycles. The minimum Gasteiger partial charge on any atom is -0.462 e. The monoisotopic (exact) mass is 1040 g/mol. The Balaban J connectivity index is 4.20. The molecule has 0 rings (SSSR count). The van der Waals surface area contributed by atoms with Gasteiger partial charge in [-0.2, -0.15) is 0 Å². The lowest BCUT2D eigenvalue weighted by atomic mass is 10.0. The Morgan fingerprint density at radius 3 is 0.824 bits per heavy atom. The van der Waals surface area contributed by atoms with Crippen molar-refractivity contribution in [3.63, 3.8) is 0 Å². The first-order valence-corrected chi connectivity index (χ1v) is 33.9. The summed E-state index contributed by atoms with van der Waals surface area (Å²) in [6, 6.07) is 0. The van der Waals surface area contributed by atoms with Crippen LogP contribution in [0.2, 0.25) is 0 Å². The fourth-order valence-electron chi connectivity index (χ4n) is 10.4. The summed E-state index contributed by atoms with van der Waals surface area (Å²) in [6.45, 7) is 7.92. The number of ether oxygens (including phenoxy) is 3. The van der Waals surface area contributed by atoms with Crippen LogP contribution in [0.25, 0.3) is 0 Å². The van der Waals surface area contributed by atoms with Gasteiger partial charge in [0, 0.05) is 19.4 Å². The fraction of sp³-hybridized carbons (Fsp3) is 0.913. The highest BCUT2D eigenvalue weighted by Crippen LogP contribution is 2.18. The third kappa shape index (κ3) is 62.9. The molecule has 438 valence electrons. The predicted molar refractivity (Wildman–Crippen MR) is 326 cm³/mol. The summed E-state index contributed by atoms with van der Waals surface area (Å²) >= 11 is 0. The second-order valence-corrected chi connectivity index (χ2v) is 23.1. The average molecular weight is 1040 g/mol. The van der Waals surface area contributed by atoms with Gasteiger partial charge < -0.3 is 14.2 Å². The molecule has 0 aliphatic rings. The lowest BCUT2D eigenvalue weighted by Crippen LogP contribution is -2.30. The third-order valence-corrected chi connectivity index (χ3v) is 15.5. The topological polar surface area (TPSA) is 61.8 Å². The Bertz CT molecular complexity index is 1130. The SMILES string of the molecule is CCCCCCCC/C=C\CCCCCCCCCCCCCC(=O)OC[C@@H](COCCCCCCCCCCCCCCCCCC)OC(=O)CCCCCCCCCCCCC/C=C\CCCCCCCC. The van der Waals surface area contributed by atoms with E-state index in [4.69, 9.17) is 14.2 Å². The standard InChI is InChI=1S/C69H132O5/c1-4-7-10-13-16-19-22-25-28-31-33-35-37-39-41-44-47-50-53-56-59-62-68(70)73-66-67(65-72-64-61-58-55-52-49-46-43-30-27-24-21-18-15-12-9-6-3)74-69(71)63-60-57-54-51-48-45-42-40-38-36-34-32-29-26-23-20-17-14-11-8-5-2/h25-26,28-29,67H,4-24,27,30-66H2,1-3H3/b28-25-,29-26-/t67-/m1/s1. The van der Waals surface area contributed by atoms with E-state index in [-0.39, 0.29) is 18.5 Å². The second-order valence-electron chi connectivity index (χ2n) is 23.1. The van der Waals surface area contributed by atoms with Crippen LogP contribution in [0.5, 0.6) is 0 Å². The first kappa shape index (κ1) is 72.4. The van der Waals surface area contributed by atoms with E-state index in [0.717, 1.165) is 32.1 Å². The van der Waals surface area contributed by atoms with Crippen molar-refractivity contribution in [1.82, 2.24) is 0 Å².